The number of piperidine rings is 1. The van der Waals surface area contributed by atoms with Crippen LogP contribution >= 0.6 is 0 Å². The number of cyclic esters (lactones) is 1. The van der Waals surface area contributed by atoms with E-state index in [9.17, 15) is 4.79 Å². The summed E-state index contributed by atoms with van der Waals surface area (Å²) >= 11 is 0. The number of nitrogens with one attached hydrogen (secondary N) is 1. The van der Waals surface area contributed by atoms with Gasteiger partial charge in [0.2, 0.25) is 0 Å². The number of ether oxygens (including phenoxy) is 1. The molecule has 2 heterocycles. The summed E-state index contributed by atoms with van der Waals surface area (Å²) in [6.45, 7) is 3.04. The zero-order chi connectivity index (χ0) is 9.97. The Morgan fingerprint density at radius 2 is 2.07 bits per heavy atom. The van der Waals surface area contributed by atoms with Crippen molar-refractivity contribution in [3.05, 3.63) is 0 Å². The van der Waals surface area contributed by atoms with Crippen LogP contribution in [0.4, 0.5) is 4.79 Å². The van der Waals surface area contributed by atoms with Gasteiger partial charge >= 0.3 is 6.09 Å². The summed E-state index contributed by atoms with van der Waals surface area (Å²) in [6.07, 6.45) is 3.22. The Balaban J connectivity index is 1.85. The number of nitrogens with zero attached hydrogens (tertiary/aromatic N) is 1. The van der Waals surface area contributed by atoms with Gasteiger partial charge in [0.25, 0.3) is 0 Å². The van der Waals surface area contributed by atoms with Crippen LogP contribution in [0.5, 0.6) is 0 Å². The van der Waals surface area contributed by atoms with Crippen LogP contribution in [0.25, 0.3) is 0 Å². The fraction of sp³-hybridized carbons (Fsp3) is 0.900. The number of hydrogen-bond acceptors (Lipinski definition) is 3. The first-order valence-corrected chi connectivity index (χ1v) is 5.39. The van der Waals surface area contributed by atoms with Gasteiger partial charge in [-0.1, -0.05) is 0 Å². The van der Waals surface area contributed by atoms with E-state index in [-0.39, 0.29) is 12.2 Å². The molecule has 2 aliphatic rings. The Morgan fingerprint density at radius 3 is 2.71 bits per heavy atom. The van der Waals surface area contributed by atoms with Crippen molar-refractivity contribution in [3.8, 4) is 0 Å². The number of amides is 1. The third-order valence-electron chi connectivity index (χ3n) is 3.25. The lowest BCUT2D eigenvalue weighted by atomic mass is 9.89. The van der Waals surface area contributed by atoms with E-state index in [0.717, 1.165) is 38.9 Å². The molecule has 0 aromatic carbocycles. The molecule has 0 saturated carbocycles. The van der Waals surface area contributed by atoms with Crippen molar-refractivity contribution in [1.29, 1.82) is 0 Å². The second kappa shape index (κ2) is 4.17. The van der Waals surface area contributed by atoms with Crippen molar-refractivity contribution in [2.24, 2.45) is 5.92 Å². The number of alkyl carbamates (subject to hydrolysis) is 1. The van der Waals surface area contributed by atoms with Gasteiger partial charge in [-0.05, 0) is 38.9 Å². The maximum absolute atomic E-state index is 11.0. The van der Waals surface area contributed by atoms with E-state index in [4.69, 9.17) is 4.74 Å². The fourth-order valence-corrected chi connectivity index (χ4v) is 2.29. The van der Waals surface area contributed by atoms with Crippen molar-refractivity contribution in [2.45, 2.75) is 25.4 Å². The molecule has 80 valence electrons. The van der Waals surface area contributed by atoms with Gasteiger partial charge in [-0.25, -0.2) is 4.79 Å². The van der Waals surface area contributed by atoms with Crippen molar-refractivity contribution in [1.82, 2.24) is 10.2 Å². The molecule has 2 fully saturated rings. The molecule has 4 heteroatoms. The normalized spacial score (nSPS) is 30.9. The zero-order valence-corrected chi connectivity index (χ0v) is 8.66. The van der Waals surface area contributed by atoms with Crippen molar-refractivity contribution in [2.75, 3.05) is 26.7 Å². The summed E-state index contributed by atoms with van der Waals surface area (Å²) in [5, 5.41) is 2.69. The Kier molecular flexibility index (Phi) is 2.91. The number of carbonyl (C=O) groups is 1. The molecular weight excluding hydrogens is 180 g/mol. The number of hydrogen-bond donors (Lipinski definition) is 1. The van der Waals surface area contributed by atoms with E-state index in [1.165, 1.54) is 0 Å². The van der Waals surface area contributed by atoms with E-state index < -0.39 is 0 Å². The van der Waals surface area contributed by atoms with Gasteiger partial charge in [-0.3, -0.25) is 0 Å². The van der Waals surface area contributed by atoms with Gasteiger partial charge in [0, 0.05) is 13.0 Å². The van der Waals surface area contributed by atoms with E-state index in [1.807, 2.05) is 0 Å². The maximum atomic E-state index is 11.0. The lowest BCUT2D eigenvalue weighted by molar-refractivity contribution is 0.0184. The standard InChI is InChI=1S/C10H18N2O2/c1-12-6-3-8(4-7-12)9-2-5-11-10(13)14-9/h8-9H,2-7H2,1H3,(H,11,13). The molecule has 0 bridgehead atoms. The summed E-state index contributed by atoms with van der Waals surface area (Å²) < 4.78 is 5.29. The first kappa shape index (κ1) is 9.77. The molecule has 2 saturated heterocycles. The SMILES string of the molecule is CN1CCC(C2CCNC(=O)O2)CC1. The Morgan fingerprint density at radius 1 is 1.36 bits per heavy atom. The van der Waals surface area contributed by atoms with Crippen molar-refractivity contribution >= 4 is 6.09 Å². The monoisotopic (exact) mass is 198 g/mol. The number of carbonyl (C=O) groups excluding carboxylic acids is 1. The predicted molar refractivity (Wildman–Crippen MR) is 53.1 cm³/mol. The summed E-state index contributed by atoms with van der Waals surface area (Å²) in [4.78, 5) is 13.4. The highest BCUT2D eigenvalue weighted by Crippen LogP contribution is 2.25. The second-order valence-corrected chi connectivity index (χ2v) is 4.30. The smallest absolute Gasteiger partial charge is 0.407 e. The summed E-state index contributed by atoms with van der Waals surface area (Å²) in [7, 11) is 2.14. The van der Waals surface area contributed by atoms with E-state index in [0.29, 0.717) is 5.92 Å². The molecule has 0 spiro atoms. The largest absolute Gasteiger partial charge is 0.446 e. The van der Waals surface area contributed by atoms with Gasteiger partial charge in [0.15, 0.2) is 0 Å². The lowest BCUT2D eigenvalue weighted by Gasteiger charge is -2.35. The van der Waals surface area contributed by atoms with Gasteiger partial charge in [0.05, 0.1) is 0 Å². The van der Waals surface area contributed by atoms with Crippen molar-refractivity contribution < 1.29 is 9.53 Å². The van der Waals surface area contributed by atoms with Crippen LogP contribution in [-0.4, -0.2) is 43.8 Å². The van der Waals surface area contributed by atoms with Crippen LogP contribution in [0.2, 0.25) is 0 Å². The zero-order valence-electron chi connectivity index (χ0n) is 8.66. The number of likely N-dealkylation sites (tertiary alicyclic amines) is 1. The average molecular weight is 198 g/mol. The molecule has 1 unspecified atom stereocenters. The molecule has 1 N–H and O–H groups in total. The fourth-order valence-electron chi connectivity index (χ4n) is 2.29. The highest BCUT2D eigenvalue weighted by atomic mass is 16.6. The highest BCUT2D eigenvalue weighted by molar-refractivity contribution is 5.68. The third-order valence-corrected chi connectivity index (χ3v) is 3.25. The minimum atomic E-state index is -0.236. The first-order chi connectivity index (χ1) is 6.75. The number of rotatable bonds is 1. The van der Waals surface area contributed by atoms with Gasteiger partial charge in [-0.2, -0.15) is 0 Å². The summed E-state index contributed by atoms with van der Waals surface area (Å²) in [5.74, 6) is 0.581. The molecule has 0 radical (unpaired) electrons. The first-order valence-electron chi connectivity index (χ1n) is 5.39. The van der Waals surface area contributed by atoms with Crippen LogP contribution < -0.4 is 5.32 Å². The Hall–Kier alpha value is -0.770. The quantitative estimate of drug-likeness (QED) is 0.678. The minimum absolute atomic E-state index is 0.164. The van der Waals surface area contributed by atoms with Crippen LogP contribution in [0, 0.1) is 5.92 Å². The summed E-state index contributed by atoms with van der Waals surface area (Å²) in [5.41, 5.74) is 0. The molecule has 1 amide bonds. The molecule has 0 aromatic rings. The molecule has 2 rings (SSSR count). The second-order valence-electron chi connectivity index (χ2n) is 4.30. The minimum Gasteiger partial charge on any atom is -0.446 e. The van der Waals surface area contributed by atoms with Crippen LogP contribution in [0.15, 0.2) is 0 Å². The highest BCUT2D eigenvalue weighted by Gasteiger charge is 2.30. The molecule has 14 heavy (non-hydrogen) atoms. The molecule has 2 aliphatic heterocycles. The van der Waals surface area contributed by atoms with Gasteiger partial charge in [0.1, 0.15) is 6.10 Å². The van der Waals surface area contributed by atoms with Gasteiger partial charge < -0.3 is 15.0 Å². The third kappa shape index (κ3) is 2.18. The maximum Gasteiger partial charge on any atom is 0.407 e. The Bertz CT molecular complexity index is 212. The van der Waals surface area contributed by atoms with Crippen LogP contribution in [0.3, 0.4) is 0 Å². The molecule has 1 atom stereocenters. The topological polar surface area (TPSA) is 41.6 Å². The summed E-state index contributed by atoms with van der Waals surface area (Å²) in [6, 6.07) is 0. The average Bonchev–Trinajstić information content (AvgIpc) is 2.19. The van der Waals surface area contributed by atoms with Crippen molar-refractivity contribution in [3.63, 3.8) is 0 Å². The van der Waals surface area contributed by atoms with E-state index >= 15 is 0 Å². The molecule has 0 aliphatic carbocycles. The van der Waals surface area contributed by atoms with Crippen LogP contribution in [-0.2, 0) is 4.74 Å². The lowest BCUT2D eigenvalue weighted by Crippen LogP contribution is -2.44. The van der Waals surface area contributed by atoms with Crippen LogP contribution in [0.1, 0.15) is 19.3 Å². The van der Waals surface area contributed by atoms with E-state index in [1.54, 1.807) is 0 Å². The molecule has 4 nitrogen and oxygen atoms in total. The predicted octanol–water partition coefficient (Wildman–Crippen LogP) is 0.827. The van der Waals surface area contributed by atoms with Gasteiger partial charge in [-0.15, -0.1) is 0 Å². The molecule has 0 aromatic heterocycles. The molecular formula is C10H18N2O2. The van der Waals surface area contributed by atoms with E-state index in [2.05, 4.69) is 17.3 Å². The Labute approximate surface area is 84.6 Å².